The van der Waals surface area contributed by atoms with Crippen LogP contribution in [0.1, 0.15) is 5.56 Å². The molecule has 0 saturated heterocycles. The number of benzene rings is 1. The Hall–Kier alpha value is -0.870. The second-order valence-corrected chi connectivity index (χ2v) is 3.87. The third-order valence-corrected chi connectivity index (χ3v) is 2.44. The fourth-order valence-corrected chi connectivity index (χ4v) is 1.74. The van der Waals surface area contributed by atoms with Crippen LogP contribution in [0.2, 0.25) is 0 Å². The molecule has 4 heteroatoms. The van der Waals surface area contributed by atoms with Crippen molar-refractivity contribution < 1.29 is 4.79 Å². The summed E-state index contributed by atoms with van der Waals surface area (Å²) in [6.45, 7) is 1.11. The van der Waals surface area contributed by atoms with Crippen LogP contribution in [0.4, 0.5) is 5.69 Å². The van der Waals surface area contributed by atoms with Crippen LogP contribution in [0.5, 0.6) is 0 Å². The van der Waals surface area contributed by atoms with Gasteiger partial charge in [-0.1, -0.05) is 15.9 Å². The predicted molar refractivity (Wildman–Crippen MR) is 54.5 cm³/mol. The lowest BCUT2D eigenvalue weighted by Crippen LogP contribution is -2.23. The number of carbonyl (C=O) groups excluding carboxylic acids is 1. The van der Waals surface area contributed by atoms with Crippen LogP contribution in [-0.2, 0) is 11.3 Å². The fourth-order valence-electron chi connectivity index (χ4n) is 1.34. The number of hydrogen-bond acceptors (Lipinski definition) is 2. The molecule has 0 radical (unpaired) electrons. The molecule has 1 aliphatic heterocycles. The molecule has 1 heterocycles. The first-order chi connectivity index (χ1) is 6.25. The van der Waals surface area contributed by atoms with E-state index in [0.717, 1.165) is 22.3 Å². The fraction of sp³-hybridized carbons (Fsp3) is 0.222. The Balaban J connectivity index is 2.40. The Morgan fingerprint density at radius 3 is 3.00 bits per heavy atom. The Bertz CT molecular complexity index is 351. The van der Waals surface area contributed by atoms with Gasteiger partial charge in [0.05, 0.1) is 6.54 Å². The van der Waals surface area contributed by atoms with E-state index in [1.54, 1.807) is 0 Å². The first kappa shape index (κ1) is 8.72. The minimum atomic E-state index is 0.0149. The van der Waals surface area contributed by atoms with Crippen molar-refractivity contribution in [3.8, 4) is 0 Å². The third-order valence-electron chi connectivity index (χ3n) is 1.94. The lowest BCUT2D eigenvalue weighted by Gasteiger charge is -2.05. The highest BCUT2D eigenvalue weighted by molar-refractivity contribution is 9.10. The van der Waals surface area contributed by atoms with Crippen LogP contribution < -0.4 is 10.6 Å². The Morgan fingerprint density at radius 2 is 2.15 bits per heavy atom. The molecule has 0 spiro atoms. The van der Waals surface area contributed by atoms with E-state index in [9.17, 15) is 4.79 Å². The number of fused-ring (bicyclic) bond motifs is 1. The second-order valence-electron chi connectivity index (χ2n) is 2.95. The lowest BCUT2D eigenvalue weighted by molar-refractivity contribution is -0.115. The van der Waals surface area contributed by atoms with Crippen molar-refractivity contribution in [3.05, 3.63) is 28.2 Å². The van der Waals surface area contributed by atoms with Gasteiger partial charge in [-0.25, -0.2) is 0 Å². The number of nitrogens with one attached hydrogen (secondary N) is 2. The van der Waals surface area contributed by atoms with Crippen LogP contribution in [0.3, 0.4) is 0 Å². The molecule has 13 heavy (non-hydrogen) atoms. The number of amides is 1. The van der Waals surface area contributed by atoms with Gasteiger partial charge in [-0.15, -0.1) is 0 Å². The molecule has 2 N–H and O–H groups in total. The van der Waals surface area contributed by atoms with E-state index in [4.69, 9.17) is 0 Å². The molecule has 68 valence electrons. The Labute approximate surface area is 84.6 Å². The first-order valence-electron chi connectivity index (χ1n) is 4.05. The van der Waals surface area contributed by atoms with Gasteiger partial charge in [0.25, 0.3) is 0 Å². The number of halogens is 1. The molecule has 2 rings (SSSR count). The molecule has 1 amide bonds. The summed E-state index contributed by atoms with van der Waals surface area (Å²) in [6.07, 6.45) is 0. The zero-order chi connectivity index (χ0) is 9.26. The van der Waals surface area contributed by atoms with Crippen LogP contribution in [0.25, 0.3) is 0 Å². The molecule has 0 unspecified atom stereocenters. The summed E-state index contributed by atoms with van der Waals surface area (Å²) in [7, 11) is 0. The number of anilines is 1. The molecule has 0 fully saturated rings. The molecular formula is C9H9BrN2O. The van der Waals surface area contributed by atoms with Gasteiger partial charge in [0.1, 0.15) is 0 Å². The maximum Gasteiger partial charge on any atom is 0.238 e. The van der Waals surface area contributed by atoms with Gasteiger partial charge in [0.15, 0.2) is 0 Å². The van der Waals surface area contributed by atoms with E-state index < -0.39 is 0 Å². The molecule has 3 nitrogen and oxygen atoms in total. The minimum absolute atomic E-state index is 0.0149. The molecule has 0 atom stereocenters. The number of rotatable bonds is 0. The van der Waals surface area contributed by atoms with E-state index in [0.29, 0.717) is 6.54 Å². The van der Waals surface area contributed by atoms with Crippen molar-refractivity contribution in [3.63, 3.8) is 0 Å². The van der Waals surface area contributed by atoms with Crippen molar-refractivity contribution in [1.82, 2.24) is 5.32 Å². The highest BCUT2D eigenvalue weighted by Gasteiger charge is 2.11. The monoisotopic (exact) mass is 240 g/mol. The molecule has 1 aromatic carbocycles. The zero-order valence-corrected chi connectivity index (χ0v) is 8.52. The summed E-state index contributed by atoms with van der Waals surface area (Å²) in [6, 6.07) is 5.84. The lowest BCUT2D eigenvalue weighted by atomic mass is 10.2. The topological polar surface area (TPSA) is 41.1 Å². The van der Waals surface area contributed by atoms with Gasteiger partial charge in [-0.05, 0) is 23.8 Å². The second kappa shape index (κ2) is 3.47. The van der Waals surface area contributed by atoms with Gasteiger partial charge in [0, 0.05) is 16.7 Å². The quantitative estimate of drug-likeness (QED) is 0.722. The van der Waals surface area contributed by atoms with E-state index in [2.05, 4.69) is 26.6 Å². The zero-order valence-electron chi connectivity index (χ0n) is 6.93. The van der Waals surface area contributed by atoms with Crippen LogP contribution in [-0.4, -0.2) is 12.5 Å². The maximum atomic E-state index is 11.1. The average molecular weight is 241 g/mol. The average Bonchev–Trinajstić information content (AvgIpc) is 2.25. The van der Waals surface area contributed by atoms with Crippen molar-refractivity contribution in [2.45, 2.75) is 6.54 Å². The van der Waals surface area contributed by atoms with Crippen LogP contribution in [0.15, 0.2) is 22.7 Å². The summed E-state index contributed by atoms with van der Waals surface area (Å²) in [5, 5.41) is 5.87. The van der Waals surface area contributed by atoms with Gasteiger partial charge in [0.2, 0.25) is 5.91 Å². The largest absolute Gasteiger partial charge is 0.325 e. The Kier molecular flexibility index (Phi) is 2.33. The molecule has 0 saturated carbocycles. The third kappa shape index (κ3) is 1.89. The highest BCUT2D eigenvalue weighted by atomic mass is 79.9. The predicted octanol–water partition coefficient (Wildman–Crippen LogP) is 1.49. The maximum absolute atomic E-state index is 11.1. The van der Waals surface area contributed by atoms with Crippen molar-refractivity contribution in [2.75, 3.05) is 11.9 Å². The van der Waals surface area contributed by atoms with Gasteiger partial charge in [-0.3, -0.25) is 4.79 Å². The summed E-state index contributed by atoms with van der Waals surface area (Å²) < 4.78 is 1.03. The van der Waals surface area contributed by atoms with Crippen LogP contribution >= 0.6 is 15.9 Å². The molecular weight excluding hydrogens is 232 g/mol. The molecule has 0 aliphatic carbocycles. The SMILES string of the molecule is O=C1CNCc2cc(Br)ccc2N1. The van der Waals surface area contributed by atoms with Gasteiger partial charge >= 0.3 is 0 Å². The Morgan fingerprint density at radius 1 is 1.31 bits per heavy atom. The van der Waals surface area contributed by atoms with E-state index in [-0.39, 0.29) is 5.91 Å². The van der Waals surface area contributed by atoms with E-state index in [1.165, 1.54) is 0 Å². The van der Waals surface area contributed by atoms with Gasteiger partial charge in [-0.2, -0.15) is 0 Å². The molecule has 0 bridgehead atoms. The molecule has 1 aromatic rings. The summed E-state index contributed by atoms with van der Waals surface area (Å²) in [5.41, 5.74) is 2.01. The molecule has 1 aliphatic rings. The summed E-state index contributed by atoms with van der Waals surface area (Å²) in [5.74, 6) is 0.0149. The minimum Gasteiger partial charge on any atom is -0.325 e. The first-order valence-corrected chi connectivity index (χ1v) is 4.84. The van der Waals surface area contributed by atoms with Crippen LogP contribution in [0, 0.1) is 0 Å². The standard InChI is InChI=1S/C9H9BrN2O/c10-7-1-2-8-6(3-7)4-11-5-9(13)12-8/h1-3,11H,4-5H2,(H,12,13). The summed E-state index contributed by atoms with van der Waals surface area (Å²) >= 11 is 3.39. The highest BCUT2D eigenvalue weighted by Crippen LogP contribution is 2.21. The van der Waals surface area contributed by atoms with Crippen molar-refractivity contribution >= 4 is 27.5 Å². The smallest absolute Gasteiger partial charge is 0.238 e. The van der Waals surface area contributed by atoms with Crippen molar-refractivity contribution in [2.24, 2.45) is 0 Å². The van der Waals surface area contributed by atoms with Crippen molar-refractivity contribution in [1.29, 1.82) is 0 Å². The van der Waals surface area contributed by atoms with E-state index in [1.807, 2.05) is 18.2 Å². The normalized spacial score (nSPS) is 15.9. The number of carbonyl (C=O) groups is 1. The number of hydrogen-bond donors (Lipinski definition) is 2. The summed E-state index contributed by atoms with van der Waals surface area (Å²) in [4.78, 5) is 11.1. The van der Waals surface area contributed by atoms with Gasteiger partial charge < -0.3 is 10.6 Å². The van der Waals surface area contributed by atoms with E-state index >= 15 is 0 Å². The molecule has 0 aromatic heterocycles.